The molecule has 90 valence electrons. The summed E-state index contributed by atoms with van der Waals surface area (Å²) in [5.41, 5.74) is 1.97. The fraction of sp³-hybridized carbons (Fsp3) is 0.333. The Labute approximate surface area is 104 Å². The maximum Gasteiger partial charge on any atom is 0.201 e. The predicted molar refractivity (Wildman–Crippen MR) is 65.9 cm³/mol. The van der Waals surface area contributed by atoms with E-state index >= 15 is 0 Å². The molecule has 0 atom stereocenters. The maximum atomic E-state index is 5.16. The topological polar surface area (TPSA) is 44.2 Å². The summed E-state index contributed by atoms with van der Waals surface area (Å²) in [6.45, 7) is 0. The van der Waals surface area contributed by atoms with Crippen molar-refractivity contribution in [1.82, 2.24) is 9.97 Å². The van der Waals surface area contributed by atoms with Gasteiger partial charge in [-0.1, -0.05) is 6.07 Å². The number of nitrogens with zero attached hydrogens (tertiary/aromatic N) is 2. The predicted octanol–water partition coefficient (Wildman–Crippen LogP) is 2.42. The van der Waals surface area contributed by atoms with Crippen molar-refractivity contribution < 1.29 is 9.47 Å². The average Bonchev–Trinajstić information content (AvgIpc) is 2.81. The van der Waals surface area contributed by atoms with Crippen molar-refractivity contribution in [2.75, 3.05) is 14.2 Å². The SMILES string of the molecule is COC(OC)c1csc(Cc2cccnc2)n1. The first-order valence-corrected chi connectivity index (χ1v) is 6.10. The second-order valence-electron chi connectivity index (χ2n) is 3.51. The molecule has 2 rings (SSSR count). The van der Waals surface area contributed by atoms with Gasteiger partial charge in [0.1, 0.15) is 5.69 Å². The number of aromatic nitrogens is 2. The molecule has 0 spiro atoms. The van der Waals surface area contributed by atoms with Gasteiger partial charge >= 0.3 is 0 Å². The van der Waals surface area contributed by atoms with Crippen molar-refractivity contribution in [3.05, 3.63) is 46.2 Å². The zero-order chi connectivity index (χ0) is 12.1. The minimum absolute atomic E-state index is 0.381. The smallest absolute Gasteiger partial charge is 0.201 e. The van der Waals surface area contributed by atoms with Gasteiger partial charge in [0.15, 0.2) is 0 Å². The summed E-state index contributed by atoms with van der Waals surface area (Å²) in [7, 11) is 3.21. The Bertz CT molecular complexity index is 455. The number of ether oxygens (including phenoxy) is 2. The van der Waals surface area contributed by atoms with E-state index < -0.39 is 0 Å². The molecule has 2 heterocycles. The van der Waals surface area contributed by atoms with Crippen LogP contribution >= 0.6 is 11.3 Å². The van der Waals surface area contributed by atoms with E-state index in [4.69, 9.17) is 9.47 Å². The highest BCUT2D eigenvalue weighted by atomic mass is 32.1. The lowest BCUT2D eigenvalue weighted by Crippen LogP contribution is -2.04. The fourth-order valence-corrected chi connectivity index (χ4v) is 2.36. The molecule has 0 fully saturated rings. The summed E-state index contributed by atoms with van der Waals surface area (Å²) in [5.74, 6) is 0. The lowest BCUT2D eigenvalue weighted by molar-refractivity contribution is -0.108. The van der Waals surface area contributed by atoms with Crippen LogP contribution in [0.2, 0.25) is 0 Å². The van der Waals surface area contributed by atoms with Crippen LogP contribution in [0.5, 0.6) is 0 Å². The lowest BCUT2D eigenvalue weighted by atomic mass is 10.2. The lowest BCUT2D eigenvalue weighted by Gasteiger charge is -2.09. The largest absolute Gasteiger partial charge is 0.350 e. The standard InChI is InChI=1S/C12H14N2O2S/c1-15-12(16-2)10-8-17-11(14-10)6-9-4-3-5-13-7-9/h3-5,7-8,12H,6H2,1-2H3. The highest BCUT2D eigenvalue weighted by Crippen LogP contribution is 2.21. The van der Waals surface area contributed by atoms with Crippen LogP contribution in [0.4, 0.5) is 0 Å². The number of hydrogen-bond acceptors (Lipinski definition) is 5. The van der Waals surface area contributed by atoms with Gasteiger partial charge in [-0.25, -0.2) is 4.98 Å². The first-order valence-electron chi connectivity index (χ1n) is 5.22. The minimum Gasteiger partial charge on any atom is -0.350 e. The van der Waals surface area contributed by atoms with Gasteiger partial charge in [-0.2, -0.15) is 0 Å². The summed E-state index contributed by atoms with van der Waals surface area (Å²) in [4.78, 5) is 8.57. The molecule has 0 bridgehead atoms. The molecule has 0 unspecified atom stereocenters. The van der Waals surface area contributed by atoms with E-state index in [1.54, 1.807) is 31.8 Å². The van der Waals surface area contributed by atoms with Gasteiger partial charge in [-0.15, -0.1) is 11.3 Å². The second kappa shape index (κ2) is 5.86. The zero-order valence-electron chi connectivity index (χ0n) is 9.79. The van der Waals surface area contributed by atoms with Crippen molar-refractivity contribution in [2.45, 2.75) is 12.7 Å². The molecule has 17 heavy (non-hydrogen) atoms. The Morgan fingerprint density at radius 1 is 1.35 bits per heavy atom. The molecule has 0 aromatic carbocycles. The van der Waals surface area contributed by atoms with Crippen LogP contribution in [0, 0.1) is 0 Å². The molecule has 4 nitrogen and oxygen atoms in total. The van der Waals surface area contributed by atoms with Gasteiger partial charge in [-0.05, 0) is 11.6 Å². The number of pyridine rings is 1. The fourth-order valence-electron chi connectivity index (χ4n) is 1.53. The molecular weight excluding hydrogens is 236 g/mol. The van der Waals surface area contributed by atoms with Gasteiger partial charge < -0.3 is 9.47 Å². The quantitative estimate of drug-likeness (QED) is 0.764. The van der Waals surface area contributed by atoms with E-state index in [2.05, 4.69) is 9.97 Å². The van der Waals surface area contributed by atoms with Crippen LogP contribution in [0.1, 0.15) is 22.6 Å². The van der Waals surface area contributed by atoms with Crippen molar-refractivity contribution in [3.8, 4) is 0 Å². The summed E-state index contributed by atoms with van der Waals surface area (Å²) in [6, 6.07) is 3.97. The highest BCUT2D eigenvalue weighted by molar-refractivity contribution is 7.09. The monoisotopic (exact) mass is 250 g/mol. The van der Waals surface area contributed by atoms with Crippen molar-refractivity contribution in [3.63, 3.8) is 0 Å². The molecule has 0 radical (unpaired) electrons. The molecule has 0 saturated carbocycles. The number of methoxy groups -OCH3 is 2. The number of thiazole rings is 1. The third-order valence-corrected chi connectivity index (χ3v) is 3.18. The Balaban J connectivity index is 2.08. The number of rotatable bonds is 5. The zero-order valence-corrected chi connectivity index (χ0v) is 10.6. The molecule has 0 aliphatic rings. The summed E-state index contributed by atoms with van der Waals surface area (Å²) >= 11 is 1.60. The van der Waals surface area contributed by atoms with Crippen LogP contribution in [0.3, 0.4) is 0 Å². The van der Waals surface area contributed by atoms with Crippen LogP contribution in [0.15, 0.2) is 29.9 Å². The van der Waals surface area contributed by atoms with Gasteiger partial charge in [0.25, 0.3) is 0 Å². The van der Waals surface area contributed by atoms with Crippen LogP contribution in [0.25, 0.3) is 0 Å². The van der Waals surface area contributed by atoms with E-state index in [1.807, 2.05) is 23.7 Å². The Morgan fingerprint density at radius 3 is 2.82 bits per heavy atom. The summed E-state index contributed by atoms with van der Waals surface area (Å²) < 4.78 is 10.3. The van der Waals surface area contributed by atoms with Crippen LogP contribution in [-0.4, -0.2) is 24.2 Å². The van der Waals surface area contributed by atoms with E-state index in [-0.39, 0.29) is 6.29 Å². The van der Waals surface area contributed by atoms with Crippen molar-refractivity contribution >= 4 is 11.3 Å². The Morgan fingerprint density at radius 2 is 2.18 bits per heavy atom. The molecule has 5 heteroatoms. The van der Waals surface area contributed by atoms with Crippen molar-refractivity contribution in [1.29, 1.82) is 0 Å². The highest BCUT2D eigenvalue weighted by Gasteiger charge is 2.13. The maximum absolute atomic E-state index is 5.16. The van der Waals surface area contributed by atoms with Crippen LogP contribution in [-0.2, 0) is 15.9 Å². The normalized spacial score (nSPS) is 11.0. The van der Waals surface area contributed by atoms with Crippen molar-refractivity contribution in [2.24, 2.45) is 0 Å². The van der Waals surface area contributed by atoms with Gasteiger partial charge in [-0.3, -0.25) is 4.98 Å². The first kappa shape index (κ1) is 12.2. The molecule has 0 N–H and O–H groups in total. The molecule has 0 aliphatic carbocycles. The van der Waals surface area contributed by atoms with E-state index in [1.165, 1.54) is 0 Å². The molecule has 2 aromatic rings. The van der Waals surface area contributed by atoms with E-state index in [0.717, 1.165) is 22.7 Å². The van der Waals surface area contributed by atoms with Gasteiger partial charge in [0, 0.05) is 38.4 Å². The van der Waals surface area contributed by atoms with E-state index in [0.29, 0.717) is 0 Å². The number of hydrogen-bond donors (Lipinski definition) is 0. The average molecular weight is 250 g/mol. The van der Waals surface area contributed by atoms with E-state index in [9.17, 15) is 0 Å². The molecule has 0 amide bonds. The van der Waals surface area contributed by atoms with Gasteiger partial charge in [0.2, 0.25) is 6.29 Å². The molecule has 0 saturated heterocycles. The summed E-state index contributed by atoms with van der Waals surface area (Å²) in [5, 5.41) is 3.00. The molecule has 0 aliphatic heterocycles. The minimum atomic E-state index is -0.381. The Kier molecular flexibility index (Phi) is 4.19. The second-order valence-corrected chi connectivity index (χ2v) is 4.45. The molecule has 2 aromatic heterocycles. The van der Waals surface area contributed by atoms with Crippen LogP contribution < -0.4 is 0 Å². The molecular formula is C12H14N2O2S. The van der Waals surface area contributed by atoms with Gasteiger partial charge in [0.05, 0.1) is 5.01 Å². The third kappa shape index (κ3) is 3.09. The summed E-state index contributed by atoms with van der Waals surface area (Å²) in [6.07, 6.45) is 4.03. The Hall–Kier alpha value is -1.30. The third-order valence-electron chi connectivity index (χ3n) is 2.32. The first-order chi connectivity index (χ1) is 8.33.